The molecule has 3 aromatic carbocycles. The molecular weight excluding hydrogens is 432 g/mol. The summed E-state index contributed by atoms with van der Waals surface area (Å²) < 4.78 is 28.1. The zero-order valence-electron chi connectivity index (χ0n) is 19.5. The van der Waals surface area contributed by atoms with E-state index in [1.165, 1.54) is 9.87 Å². The summed E-state index contributed by atoms with van der Waals surface area (Å²) in [6.45, 7) is 5.71. The van der Waals surface area contributed by atoms with Crippen molar-refractivity contribution in [2.24, 2.45) is 0 Å². The SMILES string of the molecule is Cc1ccc(S(=O)(=O)N(CC(=O)N[C@@H](C)CCc2ccccc2)Cc2cccc(C)c2)cc1. The maximum absolute atomic E-state index is 13.4. The lowest BCUT2D eigenvalue weighted by Crippen LogP contribution is -2.43. The molecule has 3 aromatic rings. The van der Waals surface area contributed by atoms with Gasteiger partial charge in [0.25, 0.3) is 0 Å². The fourth-order valence-electron chi connectivity index (χ4n) is 3.68. The maximum atomic E-state index is 13.4. The van der Waals surface area contributed by atoms with Crippen molar-refractivity contribution in [3.8, 4) is 0 Å². The average molecular weight is 465 g/mol. The van der Waals surface area contributed by atoms with Crippen molar-refractivity contribution in [1.29, 1.82) is 0 Å². The number of rotatable bonds is 10. The number of carbonyl (C=O) groups is 1. The highest BCUT2D eigenvalue weighted by Gasteiger charge is 2.27. The highest BCUT2D eigenvalue weighted by molar-refractivity contribution is 7.89. The predicted molar refractivity (Wildman–Crippen MR) is 132 cm³/mol. The topological polar surface area (TPSA) is 66.5 Å². The third-order valence-electron chi connectivity index (χ3n) is 5.54. The van der Waals surface area contributed by atoms with Crippen LogP contribution in [0.15, 0.2) is 83.8 Å². The summed E-state index contributed by atoms with van der Waals surface area (Å²) in [6, 6.07) is 24.4. The minimum absolute atomic E-state index is 0.0689. The Labute approximate surface area is 197 Å². The normalized spacial score (nSPS) is 12.5. The summed E-state index contributed by atoms with van der Waals surface area (Å²) in [5.41, 5.74) is 4.07. The first-order chi connectivity index (χ1) is 15.7. The van der Waals surface area contributed by atoms with Gasteiger partial charge in [0.2, 0.25) is 15.9 Å². The van der Waals surface area contributed by atoms with E-state index in [0.717, 1.165) is 29.5 Å². The third-order valence-corrected chi connectivity index (χ3v) is 7.34. The maximum Gasteiger partial charge on any atom is 0.243 e. The summed E-state index contributed by atoms with van der Waals surface area (Å²) in [5.74, 6) is -0.307. The summed E-state index contributed by atoms with van der Waals surface area (Å²) in [5, 5.41) is 2.97. The van der Waals surface area contributed by atoms with E-state index >= 15 is 0 Å². The van der Waals surface area contributed by atoms with Crippen LogP contribution >= 0.6 is 0 Å². The van der Waals surface area contributed by atoms with Gasteiger partial charge in [0.05, 0.1) is 11.4 Å². The highest BCUT2D eigenvalue weighted by atomic mass is 32.2. The Morgan fingerprint density at radius 3 is 2.21 bits per heavy atom. The van der Waals surface area contributed by atoms with E-state index in [4.69, 9.17) is 0 Å². The van der Waals surface area contributed by atoms with Gasteiger partial charge in [-0.1, -0.05) is 77.9 Å². The van der Waals surface area contributed by atoms with E-state index in [9.17, 15) is 13.2 Å². The Morgan fingerprint density at radius 1 is 0.879 bits per heavy atom. The summed E-state index contributed by atoms with van der Waals surface area (Å²) in [6.07, 6.45) is 1.62. The second-order valence-corrected chi connectivity index (χ2v) is 10.5. The van der Waals surface area contributed by atoms with Crippen LogP contribution in [0.4, 0.5) is 0 Å². The molecule has 0 radical (unpaired) electrons. The van der Waals surface area contributed by atoms with E-state index in [0.29, 0.717) is 0 Å². The van der Waals surface area contributed by atoms with Gasteiger partial charge in [0, 0.05) is 12.6 Å². The molecule has 1 amide bonds. The smallest absolute Gasteiger partial charge is 0.243 e. The van der Waals surface area contributed by atoms with Crippen molar-refractivity contribution in [2.45, 2.75) is 51.1 Å². The molecule has 5 nitrogen and oxygen atoms in total. The largest absolute Gasteiger partial charge is 0.352 e. The lowest BCUT2D eigenvalue weighted by atomic mass is 10.1. The number of hydrogen-bond donors (Lipinski definition) is 1. The lowest BCUT2D eigenvalue weighted by Gasteiger charge is -2.23. The van der Waals surface area contributed by atoms with Gasteiger partial charge in [-0.3, -0.25) is 4.79 Å². The number of amides is 1. The number of aryl methyl sites for hydroxylation is 3. The molecule has 0 saturated heterocycles. The van der Waals surface area contributed by atoms with Crippen LogP contribution < -0.4 is 5.32 Å². The minimum atomic E-state index is -3.84. The molecule has 0 aliphatic heterocycles. The van der Waals surface area contributed by atoms with Gasteiger partial charge in [0.1, 0.15) is 0 Å². The fraction of sp³-hybridized carbons (Fsp3) is 0.296. The number of benzene rings is 3. The molecule has 0 fully saturated rings. The number of carbonyl (C=O) groups excluding carboxylic acids is 1. The van der Waals surface area contributed by atoms with Crippen LogP contribution in [0.1, 0.15) is 35.6 Å². The summed E-state index contributed by atoms with van der Waals surface area (Å²) in [7, 11) is -3.84. The first-order valence-corrected chi connectivity index (χ1v) is 12.6. The molecule has 6 heteroatoms. The Balaban J connectivity index is 1.72. The summed E-state index contributed by atoms with van der Waals surface area (Å²) >= 11 is 0. The Morgan fingerprint density at radius 2 is 1.55 bits per heavy atom. The van der Waals surface area contributed by atoms with Crippen LogP contribution in [0, 0.1) is 13.8 Å². The molecule has 33 heavy (non-hydrogen) atoms. The van der Waals surface area contributed by atoms with Gasteiger partial charge in [-0.05, 0) is 56.9 Å². The molecule has 0 aliphatic carbocycles. The van der Waals surface area contributed by atoms with E-state index in [1.54, 1.807) is 24.3 Å². The van der Waals surface area contributed by atoms with Crippen LogP contribution in [0.3, 0.4) is 0 Å². The molecular formula is C27H32N2O3S. The zero-order chi connectivity index (χ0) is 23.8. The first kappa shape index (κ1) is 24.7. The highest BCUT2D eigenvalue weighted by Crippen LogP contribution is 2.19. The van der Waals surface area contributed by atoms with Crippen LogP contribution in [-0.4, -0.2) is 31.2 Å². The second kappa shape index (κ2) is 11.3. The Bertz CT molecular complexity index is 1160. The monoisotopic (exact) mass is 464 g/mol. The van der Waals surface area contributed by atoms with Crippen molar-refractivity contribution >= 4 is 15.9 Å². The second-order valence-electron chi connectivity index (χ2n) is 8.57. The Kier molecular flexibility index (Phi) is 8.42. The van der Waals surface area contributed by atoms with Crippen LogP contribution in [-0.2, 0) is 27.8 Å². The van der Waals surface area contributed by atoms with E-state index in [2.05, 4.69) is 17.4 Å². The quantitative estimate of drug-likeness (QED) is 0.476. The molecule has 3 rings (SSSR count). The molecule has 0 aliphatic rings. The molecule has 0 heterocycles. The minimum Gasteiger partial charge on any atom is -0.352 e. The van der Waals surface area contributed by atoms with Crippen molar-refractivity contribution in [3.63, 3.8) is 0 Å². The molecule has 0 saturated carbocycles. The van der Waals surface area contributed by atoms with Gasteiger partial charge in [-0.2, -0.15) is 4.31 Å². The Hall–Kier alpha value is -2.96. The molecule has 1 N–H and O–H groups in total. The van der Waals surface area contributed by atoms with E-state index in [1.807, 2.05) is 63.2 Å². The molecule has 1 atom stereocenters. The number of hydrogen-bond acceptors (Lipinski definition) is 3. The average Bonchev–Trinajstić information content (AvgIpc) is 2.78. The molecule has 0 aromatic heterocycles. The predicted octanol–water partition coefficient (Wildman–Crippen LogP) is 4.63. The van der Waals surface area contributed by atoms with Gasteiger partial charge in [0.15, 0.2) is 0 Å². The van der Waals surface area contributed by atoms with Gasteiger partial charge < -0.3 is 5.32 Å². The van der Waals surface area contributed by atoms with E-state index < -0.39 is 10.0 Å². The number of nitrogens with one attached hydrogen (secondary N) is 1. The lowest BCUT2D eigenvalue weighted by molar-refractivity contribution is -0.122. The van der Waals surface area contributed by atoms with Crippen molar-refractivity contribution in [3.05, 3.63) is 101 Å². The van der Waals surface area contributed by atoms with E-state index in [-0.39, 0.29) is 29.9 Å². The van der Waals surface area contributed by atoms with Gasteiger partial charge in [-0.25, -0.2) is 8.42 Å². The number of nitrogens with zero attached hydrogens (tertiary/aromatic N) is 1. The zero-order valence-corrected chi connectivity index (χ0v) is 20.3. The van der Waals surface area contributed by atoms with Gasteiger partial charge >= 0.3 is 0 Å². The molecule has 0 spiro atoms. The molecule has 174 valence electrons. The van der Waals surface area contributed by atoms with Crippen molar-refractivity contribution in [1.82, 2.24) is 9.62 Å². The van der Waals surface area contributed by atoms with Crippen molar-refractivity contribution in [2.75, 3.05) is 6.54 Å². The van der Waals surface area contributed by atoms with Gasteiger partial charge in [-0.15, -0.1) is 0 Å². The standard InChI is InChI=1S/C27H32N2O3S/c1-21-12-16-26(17-13-21)33(31,32)29(19-25-11-7-8-22(2)18-25)20-27(30)28-23(3)14-15-24-9-5-4-6-10-24/h4-13,16-18,23H,14-15,19-20H2,1-3H3,(H,28,30)/t23-/m0/s1. The summed E-state index contributed by atoms with van der Waals surface area (Å²) in [4.78, 5) is 13.0. The van der Waals surface area contributed by atoms with Crippen LogP contribution in [0.5, 0.6) is 0 Å². The third kappa shape index (κ3) is 7.27. The van der Waals surface area contributed by atoms with Crippen LogP contribution in [0.2, 0.25) is 0 Å². The fourth-order valence-corrected chi connectivity index (χ4v) is 5.06. The number of sulfonamides is 1. The first-order valence-electron chi connectivity index (χ1n) is 11.2. The molecule has 0 bridgehead atoms. The molecule has 0 unspecified atom stereocenters. The van der Waals surface area contributed by atoms with Crippen molar-refractivity contribution < 1.29 is 13.2 Å². The van der Waals surface area contributed by atoms with Crippen LogP contribution in [0.25, 0.3) is 0 Å².